The third-order valence-electron chi connectivity index (χ3n) is 1.28. The first-order valence-corrected chi connectivity index (χ1v) is 3.54. The van der Waals surface area contributed by atoms with Gasteiger partial charge >= 0.3 is 5.97 Å². The van der Waals surface area contributed by atoms with Crippen molar-refractivity contribution in [2.75, 3.05) is 7.11 Å². The summed E-state index contributed by atoms with van der Waals surface area (Å²) in [6, 6.07) is -0.519. The zero-order valence-corrected chi connectivity index (χ0v) is 7.26. The lowest BCUT2D eigenvalue weighted by molar-refractivity contribution is -0.142. The van der Waals surface area contributed by atoms with Gasteiger partial charge in [0.15, 0.2) is 0 Å². The molecule has 0 spiro atoms. The van der Waals surface area contributed by atoms with E-state index in [-0.39, 0.29) is 5.97 Å². The van der Waals surface area contributed by atoms with Crippen LogP contribution in [-0.4, -0.2) is 19.1 Å². The van der Waals surface area contributed by atoms with Crippen LogP contribution in [0.15, 0.2) is 11.6 Å². The molecule has 0 aliphatic heterocycles. The molecule has 0 saturated heterocycles. The molecule has 0 bridgehead atoms. The summed E-state index contributed by atoms with van der Waals surface area (Å²) < 4.78 is 4.45. The van der Waals surface area contributed by atoms with Crippen molar-refractivity contribution in [3.05, 3.63) is 11.6 Å². The molecule has 0 aromatic rings. The Balaban J connectivity index is 3.78. The molecule has 3 heteroatoms. The number of allylic oxidation sites excluding steroid dienone is 1. The molecule has 0 radical (unpaired) electrons. The van der Waals surface area contributed by atoms with Crippen molar-refractivity contribution in [3.8, 4) is 0 Å². The van der Waals surface area contributed by atoms with Gasteiger partial charge in [0.25, 0.3) is 0 Å². The van der Waals surface area contributed by atoms with Crippen molar-refractivity contribution in [3.63, 3.8) is 0 Å². The van der Waals surface area contributed by atoms with E-state index in [2.05, 4.69) is 4.74 Å². The highest BCUT2D eigenvalue weighted by Gasteiger charge is 2.10. The van der Waals surface area contributed by atoms with Crippen LogP contribution in [0.5, 0.6) is 0 Å². The van der Waals surface area contributed by atoms with Gasteiger partial charge in [-0.15, -0.1) is 0 Å². The van der Waals surface area contributed by atoms with Crippen LogP contribution >= 0.6 is 0 Å². The lowest BCUT2D eigenvalue weighted by atomic mass is 10.2. The Morgan fingerprint density at radius 3 is 2.55 bits per heavy atom. The van der Waals surface area contributed by atoms with Crippen molar-refractivity contribution in [2.45, 2.75) is 26.3 Å². The molecule has 0 amide bonds. The summed E-state index contributed by atoms with van der Waals surface area (Å²) in [6.45, 7) is 3.92. The van der Waals surface area contributed by atoms with E-state index in [1.807, 2.05) is 19.9 Å². The van der Waals surface area contributed by atoms with Crippen molar-refractivity contribution in [1.82, 2.24) is 0 Å². The number of hydrogen-bond donors (Lipinski definition) is 1. The highest BCUT2D eigenvalue weighted by molar-refractivity contribution is 5.75. The average molecular weight is 157 g/mol. The van der Waals surface area contributed by atoms with Crippen LogP contribution in [-0.2, 0) is 9.53 Å². The van der Waals surface area contributed by atoms with E-state index in [4.69, 9.17) is 5.73 Å². The highest BCUT2D eigenvalue weighted by Crippen LogP contribution is 1.97. The van der Waals surface area contributed by atoms with Crippen LogP contribution in [0.3, 0.4) is 0 Å². The summed E-state index contributed by atoms with van der Waals surface area (Å²) in [7, 11) is 1.34. The van der Waals surface area contributed by atoms with Crippen LogP contribution in [0.1, 0.15) is 20.3 Å². The summed E-state index contributed by atoms with van der Waals surface area (Å²) in [5.41, 5.74) is 6.61. The number of rotatable bonds is 3. The van der Waals surface area contributed by atoms with Crippen LogP contribution < -0.4 is 5.73 Å². The first-order chi connectivity index (χ1) is 5.07. The number of nitrogens with two attached hydrogens (primary N) is 1. The van der Waals surface area contributed by atoms with Crippen molar-refractivity contribution in [1.29, 1.82) is 0 Å². The minimum atomic E-state index is -0.519. The van der Waals surface area contributed by atoms with Crippen LogP contribution in [0.4, 0.5) is 0 Å². The number of esters is 1. The second kappa shape index (κ2) is 4.91. The molecular weight excluding hydrogens is 142 g/mol. The van der Waals surface area contributed by atoms with Crippen LogP contribution in [0, 0.1) is 0 Å². The second-order valence-electron chi connectivity index (χ2n) is 2.65. The molecule has 1 atom stereocenters. The molecule has 0 unspecified atom stereocenters. The van der Waals surface area contributed by atoms with Gasteiger partial charge in [0.05, 0.1) is 7.11 Å². The van der Waals surface area contributed by atoms with E-state index in [9.17, 15) is 4.79 Å². The molecule has 0 rings (SSSR count). The Kier molecular flexibility index (Phi) is 4.54. The van der Waals surface area contributed by atoms with E-state index in [1.54, 1.807) is 0 Å². The maximum absolute atomic E-state index is 10.7. The first-order valence-electron chi connectivity index (χ1n) is 3.54. The Labute approximate surface area is 67.2 Å². The van der Waals surface area contributed by atoms with Gasteiger partial charge in [0, 0.05) is 0 Å². The van der Waals surface area contributed by atoms with Gasteiger partial charge in [-0.05, 0) is 20.3 Å². The van der Waals surface area contributed by atoms with Gasteiger partial charge < -0.3 is 10.5 Å². The van der Waals surface area contributed by atoms with E-state index in [0.29, 0.717) is 6.42 Å². The first kappa shape index (κ1) is 10.2. The molecule has 3 nitrogen and oxygen atoms in total. The molecule has 0 aromatic carbocycles. The predicted molar refractivity (Wildman–Crippen MR) is 44.0 cm³/mol. The lowest BCUT2D eigenvalue weighted by Gasteiger charge is -2.05. The van der Waals surface area contributed by atoms with E-state index < -0.39 is 6.04 Å². The summed E-state index contributed by atoms with van der Waals surface area (Å²) in [4.78, 5) is 10.7. The maximum Gasteiger partial charge on any atom is 0.322 e. The molecular formula is C8H15NO2. The van der Waals surface area contributed by atoms with Crippen LogP contribution in [0.2, 0.25) is 0 Å². The van der Waals surface area contributed by atoms with Crippen molar-refractivity contribution >= 4 is 5.97 Å². The minimum Gasteiger partial charge on any atom is -0.468 e. The number of methoxy groups -OCH3 is 1. The molecule has 0 saturated carbocycles. The molecule has 11 heavy (non-hydrogen) atoms. The van der Waals surface area contributed by atoms with Gasteiger partial charge in [-0.1, -0.05) is 11.6 Å². The second-order valence-corrected chi connectivity index (χ2v) is 2.65. The monoisotopic (exact) mass is 157 g/mol. The van der Waals surface area contributed by atoms with E-state index in [0.717, 1.165) is 5.57 Å². The van der Waals surface area contributed by atoms with Gasteiger partial charge in [-0.2, -0.15) is 0 Å². The van der Waals surface area contributed by atoms with Gasteiger partial charge in [-0.25, -0.2) is 0 Å². The third kappa shape index (κ3) is 4.56. The van der Waals surface area contributed by atoms with Gasteiger partial charge in [0.1, 0.15) is 6.04 Å². The molecule has 2 N–H and O–H groups in total. The average Bonchev–Trinajstić information content (AvgIpc) is 1.98. The Bertz CT molecular complexity index is 159. The molecule has 0 aliphatic rings. The topological polar surface area (TPSA) is 52.3 Å². The van der Waals surface area contributed by atoms with Crippen molar-refractivity contribution in [2.24, 2.45) is 5.73 Å². The van der Waals surface area contributed by atoms with Gasteiger partial charge in [0.2, 0.25) is 0 Å². The maximum atomic E-state index is 10.7. The zero-order valence-electron chi connectivity index (χ0n) is 7.26. The van der Waals surface area contributed by atoms with Crippen molar-refractivity contribution < 1.29 is 9.53 Å². The van der Waals surface area contributed by atoms with Crippen LogP contribution in [0.25, 0.3) is 0 Å². The fourth-order valence-corrected chi connectivity index (χ4v) is 0.610. The Morgan fingerprint density at radius 2 is 2.18 bits per heavy atom. The number of carbonyl (C=O) groups is 1. The van der Waals surface area contributed by atoms with E-state index >= 15 is 0 Å². The quantitative estimate of drug-likeness (QED) is 0.488. The summed E-state index contributed by atoms with van der Waals surface area (Å²) in [6.07, 6.45) is 2.47. The largest absolute Gasteiger partial charge is 0.468 e. The smallest absolute Gasteiger partial charge is 0.322 e. The fraction of sp³-hybridized carbons (Fsp3) is 0.625. The van der Waals surface area contributed by atoms with E-state index in [1.165, 1.54) is 7.11 Å². The summed E-state index contributed by atoms with van der Waals surface area (Å²) in [5, 5.41) is 0. The molecule has 0 fully saturated rings. The zero-order chi connectivity index (χ0) is 8.85. The van der Waals surface area contributed by atoms with Gasteiger partial charge in [-0.3, -0.25) is 4.79 Å². The SMILES string of the molecule is COC(=O)[C@H](N)CC=C(C)C. The highest BCUT2D eigenvalue weighted by atomic mass is 16.5. The standard InChI is InChI=1S/C8H15NO2/c1-6(2)4-5-7(9)8(10)11-3/h4,7H,5,9H2,1-3H3/t7-/m1/s1. The Morgan fingerprint density at radius 1 is 1.64 bits per heavy atom. The number of ether oxygens (including phenoxy) is 1. The molecule has 64 valence electrons. The molecule has 0 aromatic heterocycles. The molecule has 0 aliphatic carbocycles. The fourth-order valence-electron chi connectivity index (χ4n) is 0.610. The summed E-state index contributed by atoms with van der Waals surface area (Å²) in [5.74, 6) is -0.359. The predicted octanol–water partition coefficient (Wildman–Crippen LogP) is 0.843. The normalized spacial score (nSPS) is 12.0. The Hall–Kier alpha value is -0.830. The third-order valence-corrected chi connectivity index (χ3v) is 1.28. The number of carbonyl (C=O) groups excluding carboxylic acids is 1. The lowest BCUT2D eigenvalue weighted by Crippen LogP contribution is -2.30. The minimum absolute atomic E-state index is 0.359. The summed E-state index contributed by atoms with van der Waals surface area (Å²) >= 11 is 0. The number of hydrogen-bond acceptors (Lipinski definition) is 3. The molecule has 0 heterocycles.